The summed E-state index contributed by atoms with van der Waals surface area (Å²) < 4.78 is 35.2. The number of guanidine groups is 1. The van der Waals surface area contributed by atoms with Crippen LogP contribution in [0.25, 0.3) is 0 Å². The van der Waals surface area contributed by atoms with Gasteiger partial charge in [0.05, 0.1) is 24.1 Å². The quantitative estimate of drug-likeness (QED) is 0.454. The zero-order chi connectivity index (χ0) is 22.3. The number of ether oxygens (including phenoxy) is 1. The van der Waals surface area contributed by atoms with E-state index in [9.17, 15) is 8.42 Å². The summed E-state index contributed by atoms with van der Waals surface area (Å²) in [6.45, 7) is 5.02. The lowest BCUT2D eigenvalue weighted by atomic mass is 10.2. The van der Waals surface area contributed by atoms with Crippen LogP contribution >= 0.6 is 0 Å². The third kappa shape index (κ3) is 6.56. The van der Waals surface area contributed by atoms with E-state index in [1.807, 2.05) is 45.4 Å². The highest BCUT2D eigenvalue weighted by Gasteiger charge is 2.20. The smallest absolute Gasteiger partial charge is 0.240 e. The third-order valence-corrected chi connectivity index (χ3v) is 6.76. The van der Waals surface area contributed by atoms with E-state index in [1.165, 1.54) is 5.69 Å². The topological polar surface area (TPSA) is 88.0 Å². The van der Waals surface area contributed by atoms with E-state index in [-0.39, 0.29) is 11.0 Å². The molecule has 0 radical (unpaired) electrons. The molecule has 8 nitrogen and oxygen atoms in total. The molecule has 0 aliphatic carbocycles. The molecule has 0 saturated carbocycles. The second-order valence-corrected chi connectivity index (χ2v) is 9.53. The van der Waals surface area contributed by atoms with Gasteiger partial charge < -0.3 is 19.5 Å². The van der Waals surface area contributed by atoms with Crippen molar-refractivity contribution in [2.24, 2.45) is 12.0 Å². The molecular weight excluding hydrogens is 414 g/mol. The molecular formula is C22H33N5O3S. The molecule has 0 amide bonds. The van der Waals surface area contributed by atoms with E-state index in [0.29, 0.717) is 19.7 Å². The normalized spacial score (nSPS) is 17.1. The van der Waals surface area contributed by atoms with E-state index < -0.39 is 10.0 Å². The molecule has 0 bridgehead atoms. The molecule has 0 spiro atoms. The maximum atomic E-state index is 12.5. The van der Waals surface area contributed by atoms with Crippen molar-refractivity contribution < 1.29 is 13.2 Å². The lowest BCUT2D eigenvalue weighted by molar-refractivity contribution is 0.114. The van der Waals surface area contributed by atoms with Crippen molar-refractivity contribution in [3.05, 3.63) is 53.9 Å². The van der Waals surface area contributed by atoms with Gasteiger partial charge in [0.25, 0.3) is 0 Å². The molecule has 1 unspecified atom stereocenters. The Balaban J connectivity index is 1.61. The minimum atomic E-state index is -3.54. The zero-order valence-corrected chi connectivity index (χ0v) is 19.4. The third-order valence-electron chi connectivity index (χ3n) is 5.32. The lowest BCUT2D eigenvalue weighted by Gasteiger charge is -2.22. The second-order valence-electron chi connectivity index (χ2n) is 7.77. The Morgan fingerprint density at radius 1 is 1.29 bits per heavy atom. The van der Waals surface area contributed by atoms with Crippen LogP contribution < -0.4 is 10.0 Å². The van der Waals surface area contributed by atoms with Crippen molar-refractivity contribution in [1.29, 1.82) is 0 Å². The molecule has 3 rings (SSSR count). The monoisotopic (exact) mass is 447 g/mol. The molecule has 9 heteroatoms. The fourth-order valence-corrected chi connectivity index (χ4v) is 4.55. The molecule has 2 heterocycles. The standard InChI is InChI=1S/C22H33N5O3S/c1-4-23-22(27(3)17-19-7-5-13-26(19)2)24-15-18-9-11-21(12-10-18)31(28,29)25-16-20-8-6-14-30-20/h5,7,9-13,20,25H,4,6,8,14-17H2,1-3H3,(H,23,24). The van der Waals surface area contributed by atoms with Gasteiger partial charge in [-0.2, -0.15) is 0 Å². The van der Waals surface area contributed by atoms with Gasteiger partial charge in [-0.05, 0) is 49.6 Å². The maximum Gasteiger partial charge on any atom is 0.240 e. The van der Waals surface area contributed by atoms with Crippen LogP contribution in [0.5, 0.6) is 0 Å². The van der Waals surface area contributed by atoms with Gasteiger partial charge in [0.1, 0.15) is 0 Å². The van der Waals surface area contributed by atoms with Crippen LogP contribution in [0.2, 0.25) is 0 Å². The first-order chi connectivity index (χ1) is 14.9. The van der Waals surface area contributed by atoms with Crippen LogP contribution in [0.15, 0.2) is 52.5 Å². The van der Waals surface area contributed by atoms with Crippen molar-refractivity contribution >= 4 is 16.0 Å². The Labute approximate surface area is 185 Å². The van der Waals surface area contributed by atoms with Crippen molar-refractivity contribution in [2.75, 3.05) is 26.7 Å². The number of aromatic nitrogens is 1. The van der Waals surface area contributed by atoms with E-state index in [4.69, 9.17) is 9.73 Å². The number of aliphatic imine (C=N–C) groups is 1. The van der Waals surface area contributed by atoms with E-state index in [0.717, 1.165) is 37.5 Å². The minimum absolute atomic E-state index is 0.0274. The number of benzene rings is 1. The summed E-state index contributed by atoms with van der Waals surface area (Å²) in [5.74, 6) is 0.804. The van der Waals surface area contributed by atoms with Crippen molar-refractivity contribution in [3.63, 3.8) is 0 Å². The van der Waals surface area contributed by atoms with Crippen LogP contribution in [-0.2, 0) is 34.9 Å². The van der Waals surface area contributed by atoms with E-state index >= 15 is 0 Å². The summed E-state index contributed by atoms with van der Waals surface area (Å²) in [6, 6.07) is 11.0. The van der Waals surface area contributed by atoms with Crippen LogP contribution in [-0.4, -0.2) is 56.7 Å². The van der Waals surface area contributed by atoms with Crippen LogP contribution in [0.3, 0.4) is 0 Å². The van der Waals surface area contributed by atoms with Crippen molar-refractivity contribution in [3.8, 4) is 0 Å². The first kappa shape index (κ1) is 23.3. The fraction of sp³-hybridized carbons (Fsp3) is 0.500. The van der Waals surface area contributed by atoms with Gasteiger partial charge in [-0.25, -0.2) is 18.1 Å². The second kappa shape index (κ2) is 10.8. The number of aryl methyl sites for hydroxylation is 1. The zero-order valence-electron chi connectivity index (χ0n) is 18.5. The predicted molar refractivity (Wildman–Crippen MR) is 122 cm³/mol. The Morgan fingerprint density at radius 3 is 2.68 bits per heavy atom. The molecule has 2 N–H and O–H groups in total. The Morgan fingerprint density at radius 2 is 2.06 bits per heavy atom. The van der Waals surface area contributed by atoms with Gasteiger partial charge in [0, 0.05) is 45.7 Å². The average Bonchev–Trinajstić information content (AvgIpc) is 3.42. The van der Waals surface area contributed by atoms with Gasteiger partial charge in [-0.3, -0.25) is 0 Å². The Bertz CT molecular complexity index is 963. The molecule has 1 atom stereocenters. The van der Waals surface area contributed by atoms with Crippen LogP contribution in [0.4, 0.5) is 0 Å². The molecule has 31 heavy (non-hydrogen) atoms. The van der Waals surface area contributed by atoms with Gasteiger partial charge in [0.2, 0.25) is 10.0 Å². The molecule has 170 valence electrons. The number of rotatable bonds is 9. The van der Waals surface area contributed by atoms with Crippen LogP contribution in [0.1, 0.15) is 31.0 Å². The Kier molecular flexibility index (Phi) is 8.11. The van der Waals surface area contributed by atoms with Gasteiger partial charge >= 0.3 is 0 Å². The Hall–Kier alpha value is -2.36. The van der Waals surface area contributed by atoms with Gasteiger partial charge in [0.15, 0.2) is 5.96 Å². The first-order valence-corrected chi connectivity index (χ1v) is 12.2. The van der Waals surface area contributed by atoms with E-state index in [1.54, 1.807) is 12.1 Å². The molecule has 1 aliphatic rings. The molecule has 1 fully saturated rings. The number of hydrogen-bond donors (Lipinski definition) is 2. The molecule has 1 aromatic heterocycles. The number of hydrogen-bond acceptors (Lipinski definition) is 4. The highest BCUT2D eigenvalue weighted by molar-refractivity contribution is 7.89. The molecule has 1 aliphatic heterocycles. The molecule has 2 aromatic rings. The number of nitrogens with zero attached hydrogens (tertiary/aromatic N) is 3. The minimum Gasteiger partial charge on any atom is -0.377 e. The summed E-state index contributed by atoms with van der Waals surface area (Å²) in [7, 11) is 0.490. The molecule has 1 aromatic carbocycles. The van der Waals surface area contributed by atoms with Gasteiger partial charge in [-0.1, -0.05) is 12.1 Å². The summed E-state index contributed by atoms with van der Waals surface area (Å²) in [5, 5.41) is 3.31. The summed E-state index contributed by atoms with van der Waals surface area (Å²) >= 11 is 0. The number of nitrogens with one attached hydrogen (secondary N) is 2. The first-order valence-electron chi connectivity index (χ1n) is 10.7. The maximum absolute atomic E-state index is 12.5. The SMILES string of the molecule is CCNC(=NCc1ccc(S(=O)(=O)NCC2CCCO2)cc1)N(C)Cc1cccn1C. The summed E-state index contributed by atoms with van der Waals surface area (Å²) in [4.78, 5) is 7.05. The van der Waals surface area contributed by atoms with E-state index in [2.05, 4.69) is 25.6 Å². The predicted octanol–water partition coefficient (Wildman–Crippen LogP) is 2.08. The van der Waals surface area contributed by atoms with Crippen molar-refractivity contribution in [2.45, 2.75) is 43.9 Å². The fourth-order valence-electron chi connectivity index (χ4n) is 3.48. The summed E-state index contributed by atoms with van der Waals surface area (Å²) in [6.07, 6.45) is 3.88. The molecule has 1 saturated heterocycles. The lowest BCUT2D eigenvalue weighted by Crippen LogP contribution is -2.38. The average molecular weight is 448 g/mol. The van der Waals surface area contributed by atoms with Crippen LogP contribution in [0, 0.1) is 0 Å². The summed E-state index contributed by atoms with van der Waals surface area (Å²) in [5.41, 5.74) is 2.14. The van der Waals surface area contributed by atoms with Crippen molar-refractivity contribution in [1.82, 2.24) is 19.5 Å². The largest absolute Gasteiger partial charge is 0.377 e. The highest BCUT2D eigenvalue weighted by Crippen LogP contribution is 2.14. The van der Waals surface area contributed by atoms with Gasteiger partial charge in [-0.15, -0.1) is 0 Å². The highest BCUT2D eigenvalue weighted by atomic mass is 32.2. The number of sulfonamides is 1.